The first-order chi connectivity index (χ1) is 8.27. The number of carboxylic acid groups (broad SMARTS) is 1. The maximum absolute atomic E-state index is 11.1. The predicted octanol–water partition coefficient (Wildman–Crippen LogP) is 1.66. The third-order valence-corrected chi connectivity index (χ3v) is 2.35. The topological polar surface area (TPSA) is 94.0 Å². The number of aromatic nitrogens is 4. The molecule has 0 atom stereocenters. The highest BCUT2D eigenvalue weighted by molar-refractivity contribution is 6.04. The Morgan fingerprint density at radius 1 is 1.41 bits per heavy atom. The van der Waals surface area contributed by atoms with Gasteiger partial charge in [0.25, 0.3) is 0 Å². The Hall–Kier alpha value is -2.70. The van der Waals surface area contributed by atoms with Crippen LogP contribution in [0.5, 0.6) is 0 Å². The van der Waals surface area contributed by atoms with Crippen molar-refractivity contribution in [2.45, 2.75) is 0 Å². The van der Waals surface area contributed by atoms with E-state index in [1.807, 2.05) is 0 Å². The minimum absolute atomic E-state index is 0.271. The molecule has 3 rings (SSSR count). The van der Waals surface area contributed by atoms with Gasteiger partial charge in [-0.05, 0) is 6.07 Å². The summed E-state index contributed by atoms with van der Waals surface area (Å²) in [4.78, 5) is 15.0. The molecule has 0 amide bonds. The second kappa shape index (κ2) is 3.41. The minimum atomic E-state index is -1.11. The van der Waals surface area contributed by atoms with Crippen LogP contribution in [0.25, 0.3) is 22.1 Å². The molecule has 0 aliphatic heterocycles. The van der Waals surface area contributed by atoms with Crippen molar-refractivity contribution in [2.75, 3.05) is 0 Å². The van der Waals surface area contributed by atoms with Gasteiger partial charge in [0.1, 0.15) is 11.8 Å². The van der Waals surface area contributed by atoms with Gasteiger partial charge in [0, 0.05) is 6.20 Å². The molecule has 7 heteroatoms. The van der Waals surface area contributed by atoms with Gasteiger partial charge in [-0.2, -0.15) is 0 Å². The number of carbonyl (C=O) groups is 1. The average Bonchev–Trinajstić information content (AvgIpc) is 2.67. The molecule has 7 nitrogen and oxygen atoms in total. The van der Waals surface area contributed by atoms with Crippen LogP contribution < -0.4 is 0 Å². The normalized spacial score (nSPS) is 10.8. The summed E-state index contributed by atoms with van der Waals surface area (Å²) >= 11 is 0. The molecule has 0 unspecified atom stereocenters. The zero-order chi connectivity index (χ0) is 11.8. The van der Waals surface area contributed by atoms with Crippen molar-refractivity contribution in [1.29, 1.82) is 0 Å². The molecule has 0 spiro atoms. The van der Waals surface area contributed by atoms with Crippen LogP contribution in [0.2, 0.25) is 0 Å². The van der Waals surface area contributed by atoms with Crippen LogP contribution in [0.4, 0.5) is 4.79 Å². The molecule has 1 N–H and O–H groups in total. The minimum Gasteiger partial charge on any atom is -0.464 e. The summed E-state index contributed by atoms with van der Waals surface area (Å²) in [6.45, 7) is 0. The molecule has 0 radical (unpaired) electrons. The lowest BCUT2D eigenvalue weighted by molar-refractivity contribution is 0.197. The number of rotatable bonds is 0. The molecule has 0 fully saturated rings. The fourth-order valence-electron chi connectivity index (χ4n) is 1.63. The highest BCUT2D eigenvalue weighted by atomic mass is 16.4. The lowest BCUT2D eigenvalue weighted by atomic mass is 10.3. The highest BCUT2D eigenvalue weighted by Crippen LogP contribution is 2.21. The summed E-state index contributed by atoms with van der Waals surface area (Å²) in [6.07, 6.45) is 4.49. The average molecular weight is 230 g/mol. The van der Waals surface area contributed by atoms with E-state index in [0.29, 0.717) is 16.4 Å². The molecule has 3 aromatic rings. The van der Waals surface area contributed by atoms with Gasteiger partial charge in [0.15, 0.2) is 0 Å². The van der Waals surface area contributed by atoms with Gasteiger partial charge in [-0.25, -0.2) is 4.79 Å². The van der Waals surface area contributed by atoms with E-state index in [2.05, 4.69) is 15.2 Å². The Labute approximate surface area is 94.0 Å². The second-order valence-electron chi connectivity index (χ2n) is 3.30. The quantitative estimate of drug-likeness (QED) is 0.631. The third kappa shape index (κ3) is 1.36. The van der Waals surface area contributed by atoms with Crippen molar-refractivity contribution >= 4 is 28.2 Å². The van der Waals surface area contributed by atoms with Crippen LogP contribution in [0.3, 0.4) is 0 Å². The molecular weight excluding hydrogens is 224 g/mol. The van der Waals surface area contributed by atoms with E-state index >= 15 is 0 Å². The molecule has 3 heterocycles. The standard InChI is InChI=1S/C10H6N4O3/c15-10(16)14-3-1-6-8-7(14)5-11-2-4-17-9(8)13-12-6/h1-5H,(H,15,16). The molecule has 0 saturated carbocycles. The van der Waals surface area contributed by atoms with Crippen molar-refractivity contribution in [1.82, 2.24) is 19.7 Å². The Morgan fingerprint density at radius 3 is 3.12 bits per heavy atom. The van der Waals surface area contributed by atoms with E-state index in [4.69, 9.17) is 9.52 Å². The van der Waals surface area contributed by atoms with Crippen molar-refractivity contribution < 1.29 is 14.3 Å². The smallest absolute Gasteiger partial charge is 0.416 e. The number of hydrogen-bond acceptors (Lipinski definition) is 5. The van der Waals surface area contributed by atoms with Gasteiger partial charge in [0.05, 0.1) is 23.3 Å². The first-order valence-electron chi connectivity index (χ1n) is 4.73. The molecule has 17 heavy (non-hydrogen) atoms. The molecule has 0 bridgehead atoms. The maximum Gasteiger partial charge on any atom is 0.416 e. The summed E-state index contributed by atoms with van der Waals surface area (Å²) in [7, 11) is 0. The Bertz CT molecular complexity index is 744. The van der Waals surface area contributed by atoms with Gasteiger partial charge >= 0.3 is 6.09 Å². The summed E-state index contributed by atoms with van der Waals surface area (Å²) in [6, 6.07) is 1.56. The fourth-order valence-corrected chi connectivity index (χ4v) is 1.63. The number of nitrogens with zero attached hydrogens (tertiary/aromatic N) is 4. The summed E-state index contributed by atoms with van der Waals surface area (Å²) in [5.41, 5.74) is 1.21. The summed E-state index contributed by atoms with van der Waals surface area (Å²) < 4.78 is 6.24. The first kappa shape index (κ1) is 9.52. The second-order valence-corrected chi connectivity index (χ2v) is 3.30. The summed E-state index contributed by atoms with van der Waals surface area (Å²) in [5.74, 6) is 0. The van der Waals surface area contributed by atoms with E-state index in [9.17, 15) is 4.79 Å². The Kier molecular flexibility index (Phi) is 1.91. The lowest BCUT2D eigenvalue weighted by Gasteiger charge is -2.02. The zero-order valence-electron chi connectivity index (χ0n) is 8.44. The zero-order valence-corrected chi connectivity index (χ0v) is 8.44. The molecule has 0 aliphatic rings. The highest BCUT2D eigenvalue weighted by Gasteiger charge is 2.12. The van der Waals surface area contributed by atoms with Crippen LogP contribution in [-0.4, -0.2) is 30.9 Å². The van der Waals surface area contributed by atoms with Crippen LogP contribution in [0.15, 0.2) is 35.3 Å². The van der Waals surface area contributed by atoms with Crippen molar-refractivity contribution in [3.8, 4) is 0 Å². The van der Waals surface area contributed by atoms with E-state index in [1.165, 1.54) is 24.9 Å². The summed E-state index contributed by atoms with van der Waals surface area (Å²) in [5, 5.41) is 17.3. The third-order valence-electron chi connectivity index (χ3n) is 2.35. The Balaban J connectivity index is 2.61. The van der Waals surface area contributed by atoms with Crippen LogP contribution >= 0.6 is 0 Å². The van der Waals surface area contributed by atoms with Gasteiger partial charge in [0.2, 0.25) is 5.71 Å². The van der Waals surface area contributed by atoms with E-state index < -0.39 is 6.09 Å². The first-order valence-corrected chi connectivity index (χ1v) is 4.73. The SMILES string of the molecule is O=C(O)n1ccc2nnc3occncc1c23. The molecule has 0 saturated heterocycles. The number of pyridine rings is 1. The molecule has 0 aliphatic carbocycles. The van der Waals surface area contributed by atoms with Crippen LogP contribution in [0.1, 0.15) is 0 Å². The van der Waals surface area contributed by atoms with E-state index in [1.54, 1.807) is 6.07 Å². The van der Waals surface area contributed by atoms with Gasteiger partial charge in [-0.15, -0.1) is 10.2 Å². The lowest BCUT2D eigenvalue weighted by Crippen LogP contribution is -2.08. The van der Waals surface area contributed by atoms with Crippen LogP contribution in [0, 0.1) is 0 Å². The largest absolute Gasteiger partial charge is 0.464 e. The monoisotopic (exact) mass is 230 g/mol. The fraction of sp³-hybridized carbons (Fsp3) is 0. The van der Waals surface area contributed by atoms with Crippen molar-refractivity contribution in [2.24, 2.45) is 0 Å². The van der Waals surface area contributed by atoms with Gasteiger partial charge < -0.3 is 9.52 Å². The van der Waals surface area contributed by atoms with E-state index in [-0.39, 0.29) is 5.71 Å². The van der Waals surface area contributed by atoms with Gasteiger partial charge in [-0.3, -0.25) is 9.55 Å². The molecule has 0 aromatic carbocycles. The Morgan fingerprint density at radius 2 is 2.29 bits per heavy atom. The predicted molar refractivity (Wildman–Crippen MR) is 57.3 cm³/mol. The number of hydrogen-bond donors (Lipinski definition) is 1. The molecule has 84 valence electrons. The van der Waals surface area contributed by atoms with Crippen molar-refractivity contribution in [3.05, 3.63) is 30.9 Å². The van der Waals surface area contributed by atoms with Crippen molar-refractivity contribution in [3.63, 3.8) is 0 Å². The van der Waals surface area contributed by atoms with Gasteiger partial charge in [-0.1, -0.05) is 0 Å². The molecular formula is C10H6N4O3. The van der Waals surface area contributed by atoms with Crippen LogP contribution in [-0.2, 0) is 0 Å². The van der Waals surface area contributed by atoms with E-state index in [0.717, 1.165) is 4.57 Å². The molecule has 3 aromatic heterocycles. The maximum atomic E-state index is 11.1.